The van der Waals surface area contributed by atoms with Crippen molar-refractivity contribution in [3.05, 3.63) is 69.6 Å². The summed E-state index contributed by atoms with van der Waals surface area (Å²) in [6, 6.07) is 9.11. The minimum absolute atomic E-state index is 0.00835. The van der Waals surface area contributed by atoms with Crippen LogP contribution in [0.3, 0.4) is 0 Å². The second-order valence-corrected chi connectivity index (χ2v) is 10.7. The zero-order chi connectivity index (χ0) is 33.9. The van der Waals surface area contributed by atoms with Crippen LogP contribution in [0.2, 0.25) is 0 Å². The van der Waals surface area contributed by atoms with Crippen LogP contribution < -0.4 is 0 Å². The first-order valence-corrected chi connectivity index (χ1v) is 14.6. The SMILES string of the molecule is COC(=O)CCC1=C(CC(=O)OC)C(C)(Cc2[nH]c(C(=O)OCc3ccccc3)c(CCC(=O)OC)c2CC(=O)OC)N=C1OC. The Bertz CT molecular complexity index is 1510. The number of aromatic nitrogens is 1. The van der Waals surface area contributed by atoms with Crippen molar-refractivity contribution in [2.75, 3.05) is 35.5 Å². The molecular weight excluding hydrogens is 600 g/mol. The van der Waals surface area contributed by atoms with Crippen LogP contribution in [0.5, 0.6) is 0 Å². The van der Waals surface area contributed by atoms with E-state index in [1.807, 2.05) is 30.3 Å². The minimum atomic E-state index is -1.13. The summed E-state index contributed by atoms with van der Waals surface area (Å²) >= 11 is 0. The minimum Gasteiger partial charge on any atom is -0.481 e. The zero-order valence-electron chi connectivity index (χ0n) is 27.0. The molecule has 1 aromatic carbocycles. The molecule has 1 aliphatic rings. The fourth-order valence-corrected chi connectivity index (χ4v) is 5.36. The third-order valence-corrected chi connectivity index (χ3v) is 7.77. The highest BCUT2D eigenvalue weighted by molar-refractivity contribution is 5.99. The summed E-state index contributed by atoms with van der Waals surface area (Å²) < 4.78 is 30.8. The lowest BCUT2D eigenvalue weighted by atomic mass is 9.82. The van der Waals surface area contributed by atoms with Crippen LogP contribution in [-0.4, -0.2) is 81.8 Å². The van der Waals surface area contributed by atoms with Gasteiger partial charge in [-0.2, -0.15) is 0 Å². The Morgan fingerprint density at radius 1 is 0.761 bits per heavy atom. The van der Waals surface area contributed by atoms with Crippen LogP contribution in [0, 0.1) is 0 Å². The fourth-order valence-electron chi connectivity index (χ4n) is 5.36. The maximum Gasteiger partial charge on any atom is 0.355 e. The van der Waals surface area contributed by atoms with Gasteiger partial charge in [0.15, 0.2) is 0 Å². The number of nitrogens with one attached hydrogen (secondary N) is 1. The van der Waals surface area contributed by atoms with Gasteiger partial charge in [-0.25, -0.2) is 9.79 Å². The van der Waals surface area contributed by atoms with Gasteiger partial charge in [-0.1, -0.05) is 30.3 Å². The van der Waals surface area contributed by atoms with Crippen LogP contribution in [0.4, 0.5) is 0 Å². The third kappa shape index (κ3) is 8.83. The van der Waals surface area contributed by atoms with E-state index in [1.54, 1.807) is 6.92 Å². The number of ether oxygens (including phenoxy) is 6. The lowest BCUT2D eigenvalue weighted by Gasteiger charge is -2.25. The number of hydrogen-bond acceptors (Lipinski definition) is 12. The van der Waals surface area contributed by atoms with E-state index in [-0.39, 0.29) is 63.1 Å². The summed E-state index contributed by atoms with van der Waals surface area (Å²) in [5, 5.41) is 0. The molecule has 248 valence electrons. The molecule has 1 aliphatic heterocycles. The van der Waals surface area contributed by atoms with E-state index in [4.69, 9.17) is 33.4 Å². The van der Waals surface area contributed by atoms with Gasteiger partial charge in [0.2, 0.25) is 5.90 Å². The van der Waals surface area contributed by atoms with Gasteiger partial charge in [-0.3, -0.25) is 19.2 Å². The molecule has 3 rings (SSSR count). The van der Waals surface area contributed by atoms with Crippen molar-refractivity contribution in [2.45, 2.75) is 64.0 Å². The van der Waals surface area contributed by atoms with Crippen molar-refractivity contribution >= 4 is 35.7 Å². The van der Waals surface area contributed by atoms with E-state index >= 15 is 0 Å². The van der Waals surface area contributed by atoms with Crippen LogP contribution in [0.1, 0.15) is 65.5 Å². The number of hydrogen-bond donors (Lipinski definition) is 1. The Morgan fingerprint density at radius 3 is 1.93 bits per heavy atom. The monoisotopic (exact) mass is 640 g/mol. The summed E-state index contributed by atoms with van der Waals surface area (Å²) in [6.07, 6.45) is -0.139. The van der Waals surface area contributed by atoms with E-state index in [0.29, 0.717) is 28.0 Å². The average Bonchev–Trinajstić information content (AvgIpc) is 3.53. The number of rotatable bonds is 15. The van der Waals surface area contributed by atoms with Gasteiger partial charge in [0.05, 0.1) is 53.9 Å². The maximum atomic E-state index is 13.5. The molecule has 1 atom stereocenters. The Hall–Kier alpha value is -4.94. The van der Waals surface area contributed by atoms with E-state index in [2.05, 4.69) is 4.98 Å². The first kappa shape index (κ1) is 35.5. The molecule has 2 heterocycles. The molecule has 0 saturated carbocycles. The average molecular weight is 641 g/mol. The zero-order valence-corrected chi connectivity index (χ0v) is 27.0. The largest absolute Gasteiger partial charge is 0.481 e. The highest BCUT2D eigenvalue weighted by Crippen LogP contribution is 2.40. The Morgan fingerprint density at radius 2 is 1.35 bits per heavy atom. The standard InChI is InChI=1S/C33H40N2O11/c1-33(24(17-29(39)44-5)22(31(35-33)45-6)13-15-27(37)42-3)18-25-23(16-28(38)43-4)21(12-14-26(36)41-2)30(34-25)32(40)46-19-20-10-8-7-9-11-20/h7-11,34H,12-19H2,1-6H3. The molecular formula is C33H40N2O11. The second-order valence-electron chi connectivity index (χ2n) is 10.7. The van der Waals surface area contributed by atoms with Crippen LogP contribution in [-0.2, 0) is 73.5 Å². The molecule has 0 saturated heterocycles. The number of carbonyl (C=O) groups excluding carboxylic acids is 5. The van der Waals surface area contributed by atoms with Gasteiger partial charge in [0.25, 0.3) is 0 Å². The second kappa shape index (κ2) is 16.4. The number of carbonyl (C=O) groups is 5. The molecule has 0 bridgehead atoms. The van der Waals surface area contributed by atoms with Gasteiger partial charge >= 0.3 is 29.8 Å². The maximum absolute atomic E-state index is 13.5. The molecule has 0 amide bonds. The molecule has 1 N–H and O–H groups in total. The normalized spacial score (nSPS) is 15.6. The summed E-state index contributed by atoms with van der Waals surface area (Å²) in [7, 11) is 6.48. The third-order valence-electron chi connectivity index (χ3n) is 7.77. The topological polar surface area (TPSA) is 169 Å². The Labute approximate surface area is 267 Å². The van der Waals surface area contributed by atoms with Crippen molar-refractivity contribution in [1.82, 2.24) is 4.98 Å². The lowest BCUT2D eigenvalue weighted by Crippen LogP contribution is -2.29. The van der Waals surface area contributed by atoms with E-state index in [1.165, 1.54) is 35.5 Å². The Kier molecular flexibility index (Phi) is 12.7. The molecule has 0 radical (unpaired) electrons. The molecule has 1 aromatic heterocycles. The van der Waals surface area contributed by atoms with Gasteiger partial charge in [0, 0.05) is 30.5 Å². The predicted molar refractivity (Wildman–Crippen MR) is 164 cm³/mol. The van der Waals surface area contributed by atoms with Gasteiger partial charge in [-0.15, -0.1) is 0 Å². The van der Waals surface area contributed by atoms with Crippen molar-refractivity contribution in [3.8, 4) is 0 Å². The van der Waals surface area contributed by atoms with Crippen LogP contribution in [0.15, 0.2) is 46.5 Å². The molecule has 1 unspecified atom stereocenters. The number of H-pyrrole nitrogens is 1. The first-order chi connectivity index (χ1) is 22.0. The summed E-state index contributed by atoms with van der Waals surface area (Å²) in [5.74, 6) is -2.53. The molecule has 13 heteroatoms. The smallest absolute Gasteiger partial charge is 0.355 e. The predicted octanol–water partition coefficient (Wildman–Crippen LogP) is 3.37. The number of nitrogens with zero attached hydrogens (tertiary/aromatic N) is 1. The summed E-state index contributed by atoms with van der Waals surface area (Å²) in [5.41, 5.74) is 2.06. The number of methoxy groups -OCH3 is 5. The molecule has 0 spiro atoms. The summed E-state index contributed by atoms with van der Waals surface area (Å²) in [4.78, 5) is 70.9. The van der Waals surface area contributed by atoms with Crippen molar-refractivity contribution in [3.63, 3.8) is 0 Å². The van der Waals surface area contributed by atoms with Crippen molar-refractivity contribution in [1.29, 1.82) is 0 Å². The number of esters is 5. The molecule has 0 fully saturated rings. The quantitative estimate of drug-likeness (QED) is 0.224. The van der Waals surface area contributed by atoms with Gasteiger partial charge in [-0.05, 0) is 42.0 Å². The highest BCUT2D eigenvalue weighted by Gasteiger charge is 2.42. The van der Waals surface area contributed by atoms with Crippen LogP contribution >= 0.6 is 0 Å². The van der Waals surface area contributed by atoms with Crippen LogP contribution in [0.25, 0.3) is 0 Å². The Balaban J connectivity index is 2.14. The number of benzene rings is 1. The molecule has 0 aliphatic carbocycles. The fraction of sp³-hybridized carbons (Fsp3) is 0.455. The number of aromatic amines is 1. The molecule has 13 nitrogen and oxygen atoms in total. The van der Waals surface area contributed by atoms with E-state index in [9.17, 15) is 24.0 Å². The van der Waals surface area contributed by atoms with E-state index < -0.39 is 35.4 Å². The summed E-state index contributed by atoms with van der Waals surface area (Å²) in [6.45, 7) is 1.77. The van der Waals surface area contributed by atoms with Gasteiger partial charge < -0.3 is 33.4 Å². The van der Waals surface area contributed by atoms with E-state index in [0.717, 1.165) is 5.56 Å². The molecule has 2 aromatic rings. The highest BCUT2D eigenvalue weighted by atomic mass is 16.5. The first-order valence-electron chi connectivity index (χ1n) is 14.6. The lowest BCUT2D eigenvalue weighted by molar-refractivity contribution is -0.141. The van der Waals surface area contributed by atoms with Crippen molar-refractivity contribution < 1.29 is 52.4 Å². The van der Waals surface area contributed by atoms with Gasteiger partial charge in [0.1, 0.15) is 12.3 Å². The van der Waals surface area contributed by atoms with Crippen molar-refractivity contribution in [2.24, 2.45) is 4.99 Å². The molecule has 46 heavy (non-hydrogen) atoms. The number of aliphatic imine (C=N–C) groups is 1.